The minimum absolute atomic E-state index is 0.121. The van der Waals surface area contributed by atoms with Crippen molar-refractivity contribution in [1.29, 1.82) is 0 Å². The molecule has 0 saturated heterocycles. The van der Waals surface area contributed by atoms with Crippen LogP contribution in [0.3, 0.4) is 0 Å². The van der Waals surface area contributed by atoms with Crippen LogP contribution in [0.4, 0.5) is 8.78 Å². The number of halogens is 2. The highest BCUT2D eigenvalue weighted by Gasteiger charge is 2.08. The average molecular weight is 263 g/mol. The molecular formula is C15H15F2NO. The maximum atomic E-state index is 13.8. The first-order chi connectivity index (χ1) is 9.10. The van der Waals surface area contributed by atoms with Gasteiger partial charge in [-0.05, 0) is 61.3 Å². The number of aryl methyl sites for hydroxylation is 1. The van der Waals surface area contributed by atoms with Gasteiger partial charge in [-0.15, -0.1) is 0 Å². The molecule has 0 saturated carbocycles. The van der Waals surface area contributed by atoms with Gasteiger partial charge < -0.3 is 10.5 Å². The quantitative estimate of drug-likeness (QED) is 0.915. The highest BCUT2D eigenvalue weighted by molar-refractivity contribution is 5.38. The van der Waals surface area contributed by atoms with Gasteiger partial charge in [0, 0.05) is 0 Å². The summed E-state index contributed by atoms with van der Waals surface area (Å²) in [6, 6.07) is 8.84. The molecule has 19 heavy (non-hydrogen) atoms. The molecule has 100 valence electrons. The van der Waals surface area contributed by atoms with Crippen LogP contribution in [-0.2, 0) is 6.42 Å². The zero-order valence-corrected chi connectivity index (χ0v) is 10.6. The molecule has 0 amide bonds. The van der Waals surface area contributed by atoms with E-state index in [1.54, 1.807) is 19.1 Å². The summed E-state index contributed by atoms with van der Waals surface area (Å²) in [5.41, 5.74) is 6.86. The first kappa shape index (κ1) is 13.5. The minimum Gasteiger partial charge on any atom is -0.454 e. The Morgan fingerprint density at radius 3 is 2.42 bits per heavy atom. The van der Waals surface area contributed by atoms with E-state index in [0.29, 0.717) is 24.3 Å². The Morgan fingerprint density at radius 1 is 1.05 bits per heavy atom. The first-order valence-electron chi connectivity index (χ1n) is 6.02. The van der Waals surface area contributed by atoms with Crippen molar-refractivity contribution in [3.8, 4) is 11.5 Å². The van der Waals surface area contributed by atoms with Crippen molar-refractivity contribution in [2.75, 3.05) is 6.54 Å². The monoisotopic (exact) mass is 263 g/mol. The Balaban J connectivity index is 2.23. The second-order valence-electron chi connectivity index (χ2n) is 4.32. The van der Waals surface area contributed by atoms with Crippen molar-refractivity contribution in [1.82, 2.24) is 0 Å². The van der Waals surface area contributed by atoms with Gasteiger partial charge in [0.1, 0.15) is 11.6 Å². The van der Waals surface area contributed by atoms with Crippen LogP contribution in [0.1, 0.15) is 11.1 Å². The molecule has 0 aromatic heterocycles. The SMILES string of the molecule is Cc1cc(F)ccc1Oc1ccc(CCN)cc1F. The Bertz CT molecular complexity index is 584. The fourth-order valence-corrected chi connectivity index (χ4v) is 1.80. The second kappa shape index (κ2) is 5.80. The van der Waals surface area contributed by atoms with E-state index < -0.39 is 5.82 Å². The summed E-state index contributed by atoms with van der Waals surface area (Å²) >= 11 is 0. The topological polar surface area (TPSA) is 35.2 Å². The van der Waals surface area contributed by atoms with E-state index in [1.165, 1.54) is 24.3 Å². The van der Waals surface area contributed by atoms with Crippen LogP contribution >= 0.6 is 0 Å². The van der Waals surface area contributed by atoms with Gasteiger partial charge in [0.2, 0.25) is 0 Å². The zero-order valence-electron chi connectivity index (χ0n) is 10.6. The molecular weight excluding hydrogens is 248 g/mol. The molecule has 0 radical (unpaired) electrons. The Labute approximate surface area is 110 Å². The molecule has 2 rings (SSSR count). The third kappa shape index (κ3) is 3.29. The maximum Gasteiger partial charge on any atom is 0.165 e. The molecule has 0 spiro atoms. The number of benzene rings is 2. The van der Waals surface area contributed by atoms with Crippen molar-refractivity contribution in [2.45, 2.75) is 13.3 Å². The summed E-state index contributed by atoms with van der Waals surface area (Å²) in [5.74, 6) is -0.236. The molecule has 4 heteroatoms. The van der Waals surface area contributed by atoms with Crippen LogP contribution in [0.5, 0.6) is 11.5 Å². The molecule has 0 aliphatic heterocycles. The van der Waals surface area contributed by atoms with E-state index >= 15 is 0 Å². The van der Waals surface area contributed by atoms with Gasteiger partial charge >= 0.3 is 0 Å². The molecule has 0 heterocycles. The third-order valence-corrected chi connectivity index (χ3v) is 2.79. The predicted molar refractivity (Wildman–Crippen MR) is 70.4 cm³/mol. The highest BCUT2D eigenvalue weighted by atomic mass is 19.1. The summed E-state index contributed by atoms with van der Waals surface area (Å²) in [6.07, 6.45) is 0.618. The fourth-order valence-electron chi connectivity index (χ4n) is 1.80. The Kier molecular flexibility index (Phi) is 4.12. The maximum absolute atomic E-state index is 13.8. The Morgan fingerprint density at radius 2 is 1.79 bits per heavy atom. The van der Waals surface area contributed by atoms with E-state index in [-0.39, 0.29) is 11.6 Å². The summed E-state index contributed by atoms with van der Waals surface area (Å²) in [5, 5.41) is 0. The van der Waals surface area contributed by atoms with Gasteiger partial charge in [0.15, 0.2) is 11.6 Å². The third-order valence-electron chi connectivity index (χ3n) is 2.79. The highest BCUT2D eigenvalue weighted by Crippen LogP contribution is 2.28. The first-order valence-corrected chi connectivity index (χ1v) is 6.02. The van der Waals surface area contributed by atoms with Gasteiger partial charge in [-0.1, -0.05) is 6.07 Å². The standard InChI is InChI=1S/C15H15F2NO/c1-10-8-12(16)3-5-14(10)19-15-4-2-11(6-7-18)9-13(15)17/h2-5,8-9H,6-7,18H2,1H3. The van der Waals surface area contributed by atoms with Crippen LogP contribution in [0.2, 0.25) is 0 Å². The number of hydrogen-bond acceptors (Lipinski definition) is 2. The molecule has 0 aliphatic rings. The normalized spacial score (nSPS) is 10.5. The molecule has 0 unspecified atom stereocenters. The van der Waals surface area contributed by atoms with Crippen molar-refractivity contribution < 1.29 is 13.5 Å². The molecule has 0 atom stereocenters. The second-order valence-corrected chi connectivity index (χ2v) is 4.32. The Hall–Kier alpha value is -1.94. The van der Waals surface area contributed by atoms with E-state index in [4.69, 9.17) is 10.5 Å². The van der Waals surface area contributed by atoms with Crippen LogP contribution in [-0.4, -0.2) is 6.54 Å². The summed E-state index contributed by atoms with van der Waals surface area (Å²) < 4.78 is 32.2. The van der Waals surface area contributed by atoms with E-state index in [1.807, 2.05) is 0 Å². The van der Waals surface area contributed by atoms with Crippen LogP contribution in [0, 0.1) is 18.6 Å². The van der Waals surface area contributed by atoms with Gasteiger partial charge in [-0.3, -0.25) is 0 Å². The molecule has 0 fully saturated rings. The van der Waals surface area contributed by atoms with E-state index in [0.717, 1.165) is 5.56 Å². The summed E-state index contributed by atoms with van der Waals surface area (Å²) in [7, 11) is 0. The molecule has 0 bridgehead atoms. The van der Waals surface area contributed by atoms with Crippen molar-refractivity contribution in [3.05, 3.63) is 59.2 Å². The average Bonchev–Trinajstić information content (AvgIpc) is 2.36. The number of hydrogen-bond donors (Lipinski definition) is 1. The predicted octanol–water partition coefficient (Wildman–Crippen LogP) is 3.57. The number of nitrogens with two attached hydrogens (primary N) is 1. The lowest BCUT2D eigenvalue weighted by Gasteiger charge is -2.10. The molecule has 2 nitrogen and oxygen atoms in total. The number of rotatable bonds is 4. The fraction of sp³-hybridized carbons (Fsp3) is 0.200. The van der Waals surface area contributed by atoms with Crippen LogP contribution in [0.15, 0.2) is 36.4 Å². The lowest BCUT2D eigenvalue weighted by atomic mass is 10.1. The molecule has 2 aromatic carbocycles. The summed E-state index contributed by atoms with van der Waals surface area (Å²) in [6.45, 7) is 2.18. The molecule has 2 N–H and O–H groups in total. The number of ether oxygens (including phenoxy) is 1. The van der Waals surface area contributed by atoms with Crippen LogP contribution < -0.4 is 10.5 Å². The van der Waals surface area contributed by atoms with Crippen LogP contribution in [0.25, 0.3) is 0 Å². The minimum atomic E-state index is -0.449. The van der Waals surface area contributed by atoms with Crippen molar-refractivity contribution >= 4 is 0 Å². The largest absolute Gasteiger partial charge is 0.454 e. The van der Waals surface area contributed by atoms with Gasteiger partial charge in [0.25, 0.3) is 0 Å². The van der Waals surface area contributed by atoms with E-state index in [2.05, 4.69) is 0 Å². The molecule has 2 aromatic rings. The summed E-state index contributed by atoms with van der Waals surface area (Å²) in [4.78, 5) is 0. The van der Waals surface area contributed by atoms with Crippen molar-refractivity contribution in [2.24, 2.45) is 5.73 Å². The van der Waals surface area contributed by atoms with Crippen molar-refractivity contribution in [3.63, 3.8) is 0 Å². The zero-order chi connectivity index (χ0) is 13.8. The van der Waals surface area contributed by atoms with E-state index in [9.17, 15) is 8.78 Å². The lowest BCUT2D eigenvalue weighted by molar-refractivity contribution is 0.437. The van der Waals surface area contributed by atoms with Gasteiger partial charge in [-0.2, -0.15) is 0 Å². The van der Waals surface area contributed by atoms with Gasteiger partial charge in [0.05, 0.1) is 0 Å². The van der Waals surface area contributed by atoms with Gasteiger partial charge in [-0.25, -0.2) is 8.78 Å². The molecule has 0 aliphatic carbocycles. The lowest BCUT2D eigenvalue weighted by Crippen LogP contribution is -2.03. The smallest absolute Gasteiger partial charge is 0.165 e.